The van der Waals surface area contributed by atoms with E-state index >= 15 is 0 Å². The number of likely N-dealkylation sites (tertiary alicyclic amines) is 1. The molecule has 0 spiro atoms. The van der Waals surface area contributed by atoms with E-state index in [0.29, 0.717) is 0 Å². The van der Waals surface area contributed by atoms with Crippen molar-refractivity contribution < 1.29 is 27.4 Å². The predicted octanol–water partition coefficient (Wildman–Crippen LogP) is 3.29. The minimum absolute atomic E-state index is 0.0295. The van der Waals surface area contributed by atoms with Crippen LogP contribution in [0.15, 0.2) is 18.2 Å². The number of ether oxygens (including phenoxy) is 2. The summed E-state index contributed by atoms with van der Waals surface area (Å²) in [7, 11) is 0. The Hall–Kier alpha value is -2.12. The molecule has 8 heteroatoms. The molecular formula is C15H19F3N2O3. The number of nitrogens with two attached hydrogens (primary N) is 1. The monoisotopic (exact) mass is 332 g/mol. The molecule has 0 aliphatic carbocycles. The fraction of sp³-hybridized carbons (Fsp3) is 0.533. The van der Waals surface area contributed by atoms with Crippen LogP contribution >= 0.6 is 0 Å². The normalized spacial score (nSPS) is 16.0. The number of rotatable bonds is 2. The fourth-order valence-electron chi connectivity index (χ4n) is 2.03. The lowest BCUT2D eigenvalue weighted by Gasteiger charge is -2.39. The maximum Gasteiger partial charge on any atom is 0.416 e. The third-order valence-corrected chi connectivity index (χ3v) is 3.06. The van der Waals surface area contributed by atoms with E-state index in [1.807, 2.05) is 0 Å². The van der Waals surface area contributed by atoms with E-state index in [1.165, 1.54) is 11.0 Å². The summed E-state index contributed by atoms with van der Waals surface area (Å²) in [5.41, 5.74) is 3.98. The van der Waals surface area contributed by atoms with Crippen LogP contribution in [0, 0.1) is 0 Å². The quantitative estimate of drug-likeness (QED) is 0.844. The summed E-state index contributed by atoms with van der Waals surface area (Å²) in [5, 5.41) is 0. The van der Waals surface area contributed by atoms with Crippen molar-refractivity contribution in [3.63, 3.8) is 0 Å². The maximum atomic E-state index is 12.7. The van der Waals surface area contributed by atoms with Crippen LogP contribution in [0.1, 0.15) is 26.3 Å². The first-order chi connectivity index (χ1) is 10.4. The van der Waals surface area contributed by atoms with Crippen molar-refractivity contribution in [3.8, 4) is 5.75 Å². The standard InChI is InChI=1S/C15H19F3N2O3/c1-14(2,3)23-13(21)20-7-12(8-20)22-11-5-9(15(16,17)18)4-10(19)6-11/h4-6,12H,7-8,19H2,1-3H3. The lowest BCUT2D eigenvalue weighted by atomic mass is 10.1. The Morgan fingerprint density at radius 2 is 1.83 bits per heavy atom. The van der Waals surface area contributed by atoms with Crippen molar-refractivity contribution in [1.29, 1.82) is 0 Å². The van der Waals surface area contributed by atoms with Gasteiger partial charge in [-0.25, -0.2) is 4.79 Å². The van der Waals surface area contributed by atoms with Gasteiger partial charge in [-0.2, -0.15) is 13.2 Å². The van der Waals surface area contributed by atoms with Crippen LogP contribution in [-0.2, 0) is 10.9 Å². The minimum Gasteiger partial charge on any atom is -0.487 e. The second kappa shape index (κ2) is 5.82. The van der Waals surface area contributed by atoms with Gasteiger partial charge in [0.1, 0.15) is 17.5 Å². The SMILES string of the molecule is CC(C)(C)OC(=O)N1CC(Oc2cc(N)cc(C(F)(F)F)c2)C1. The number of carbonyl (C=O) groups excluding carboxylic acids is 1. The predicted molar refractivity (Wildman–Crippen MR) is 78.1 cm³/mol. The Kier molecular flexibility index (Phi) is 4.37. The van der Waals surface area contributed by atoms with Crippen LogP contribution in [0.2, 0.25) is 0 Å². The van der Waals surface area contributed by atoms with Gasteiger partial charge < -0.3 is 20.1 Å². The van der Waals surface area contributed by atoms with Gasteiger partial charge in [0.15, 0.2) is 0 Å². The molecule has 1 heterocycles. The van der Waals surface area contributed by atoms with Crippen LogP contribution in [0.3, 0.4) is 0 Å². The molecule has 1 aliphatic heterocycles. The number of nitrogens with zero attached hydrogens (tertiary/aromatic N) is 1. The van der Waals surface area contributed by atoms with Crippen LogP contribution < -0.4 is 10.5 Å². The summed E-state index contributed by atoms with van der Waals surface area (Å²) < 4.78 is 48.8. The molecule has 1 aromatic rings. The molecule has 0 radical (unpaired) electrons. The second-order valence-corrected chi connectivity index (χ2v) is 6.41. The van der Waals surface area contributed by atoms with Gasteiger partial charge in [-0.1, -0.05) is 0 Å². The zero-order valence-corrected chi connectivity index (χ0v) is 13.1. The topological polar surface area (TPSA) is 64.8 Å². The second-order valence-electron chi connectivity index (χ2n) is 6.41. The summed E-state index contributed by atoms with van der Waals surface area (Å²) in [6, 6.07) is 3.07. The number of alkyl halides is 3. The molecule has 0 saturated carbocycles. The Labute approximate surface area is 132 Å². The van der Waals surface area contributed by atoms with E-state index < -0.39 is 23.4 Å². The van der Waals surface area contributed by atoms with Gasteiger partial charge in [0.2, 0.25) is 0 Å². The summed E-state index contributed by atoms with van der Waals surface area (Å²) >= 11 is 0. The molecule has 23 heavy (non-hydrogen) atoms. The van der Waals surface area contributed by atoms with Crippen LogP contribution in [0.4, 0.5) is 23.7 Å². The van der Waals surface area contributed by atoms with Crippen LogP contribution in [0.25, 0.3) is 0 Å². The molecule has 1 aliphatic rings. The highest BCUT2D eigenvalue weighted by Gasteiger charge is 2.36. The van der Waals surface area contributed by atoms with E-state index in [9.17, 15) is 18.0 Å². The van der Waals surface area contributed by atoms with Gasteiger partial charge in [-0.15, -0.1) is 0 Å². The summed E-state index contributed by atoms with van der Waals surface area (Å²) in [6.07, 6.45) is -5.35. The van der Waals surface area contributed by atoms with E-state index in [2.05, 4.69) is 0 Å². The van der Waals surface area contributed by atoms with Crippen LogP contribution in [-0.4, -0.2) is 35.8 Å². The molecule has 1 amide bonds. The largest absolute Gasteiger partial charge is 0.487 e. The molecule has 1 fully saturated rings. The number of halogens is 3. The Morgan fingerprint density at radius 3 is 2.35 bits per heavy atom. The number of carbonyl (C=O) groups is 1. The molecule has 128 valence electrons. The van der Waals surface area contributed by atoms with Crippen molar-refractivity contribution >= 4 is 11.8 Å². The van der Waals surface area contributed by atoms with Gasteiger partial charge in [0.25, 0.3) is 0 Å². The summed E-state index contributed by atoms with van der Waals surface area (Å²) in [5.74, 6) is 0.0335. The Bertz CT molecular complexity index is 591. The highest BCUT2D eigenvalue weighted by atomic mass is 19.4. The molecule has 2 rings (SSSR count). The molecular weight excluding hydrogens is 313 g/mol. The third-order valence-electron chi connectivity index (χ3n) is 3.06. The van der Waals surface area contributed by atoms with E-state index in [4.69, 9.17) is 15.2 Å². The highest BCUT2D eigenvalue weighted by Crippen LogP contribution is 2.34. The average molecular weight is 332 g/mol. The molecule has 0 unspecified atom stereocenters. The van der Waals surface area contributed by atoms with Crippen LogP contribution in [0.5, 0.6) is 5.75 Å². The molecule has 0 bridgehead atoms. The van der Waals surface area contributed by atoms with Gasteiger partial charge in [0, 0.05) is 11.8 Å². The molecule has 0 atom stereocenters. The average Bonchev–Trinajstić information content (AvgIpc) is 2.29. The first-order valence-corrected chi connectivity index (χ1v) is 7.06. The number of hydrogen-bond acceptors (Lipinski definition) is 4. The lowest BCUT2D eigenvalue weighted by Crippen LogP contribution is -2.57. The first-order valence-electron chi connectivity index (χ1n) is 7.06. The smallest absolute Gasteiger partial charge is 0.416 e. The maximum absolute atomic E-state index is 12.7. The molecule has 5 nitrogen and oxygen atoms in total. The number of nitrogen functional groups attached to an aromatic ring is 1. The van der Waals surface area contributed by atoms with Gasteiger partial charge >= 0.3 is 12.3 Å². The number of anilines is 1. The van der Waals surface area contributed by atoms with E-state index in [-0.39, 0.29) is 30.6 Å². The molecule has 0 aromatic heterocycles. The summed E-state index contributed by atoms with van der Waals surface area (Å²) in [6.45, 7) is 5.77. The van der Waals surface area contributed by atoms with Crippen molar-refractivity contribution in [2.45, 2.75) is 38.7 Å². The van der Waals surface area contributed by atoms with Crippen molar-refractivity contribution in [1.82, 2.24) is 4.90 Å². The van der Waals surface area contributed by atoms with Gasteiger partial charge in [-0.3, -0.25) is 0 Å². The molecule has 1 saturated heterocycles. The van der Waals surface area contributed by atoms with Gasteiger partial charge in [0.05, 0.1) is 18.7 Å². The lowest BCUT2D eigenvalue weighted by molar-refractivity contribution is -0.137. The zero-order valence-electron chi connectivity index (χ0n) is 13.1. The number of amides is 1. The van der Waals surface area contributed by atoms with Crippen molar-refractivity contribution in [3.05, 3.63) is 23.8 Å². The van der Waals surface area contributed by atoms with E-state index in [1.54, 1.807) is 20.8 Å². The molecule has 1 aromatic carbocycles. The highest BCUT2D eigenvalue weighted by molar-refractivity contribution is 5.69. The Morgan fingerprint density at radius 1 is 1.22 bits per heavy atom. The minimum atomic E-state index is -4.49. The number of benzene rings is 1. The fourth-order valence-corrected chi connectivity index (χ4v) is 2.03. The summed E-state index contributed by atoms with van der Waals surface area (Å²) in [4.78, 5) is 13.2. The van der Waals surface area contributed by atoms with Gasteiger partial charge in [-0.05, 0) is 32.9 Å². The van der Waals surface area contributed by atoms with E-state index in [0.717, 1.165) is 12.1 Å². The zero-order chi connectivity index (χ0) is 17.4. The van der Waals surface area contributed by atoms with Crippen molar-refractivity contribution in [2.24, 2.45) is 0 Å². The third kappa shape index (κ3) is 4.67. The number of hydrogen-bond donors (Lipinski definition) is 1. The Balaban J connectivity index is 1.93. The molecule has 2 N–H and O–H groups in total. The first kappa shape index (κ1) is 17.2. The van der Waals surface area contributed by atoms with Crippen molar-refractivity contribution in [2.75, 3.05) is 18.8 Å².